The fourth-order valence-electron chi connectivity index (χ4n) is 2.30. The third-order valence-electron chi connectivity index (χ3n) is 3.06. The second kappa shape index (κ2) is 3.76. The molecular formula is C13H15N3. The molecule has 1 atom stereocenters. The lowest BCUT2D eigenvalue weighted by atomic mass is 9.97. The Hall–Kier alpha value is -1.61. The zero-order valence-corrected chi connectivity index (χ0v) is 9.33. The van der Waals surface area contributed by atoms with Crippen LogP contribution in [0.15, 0.2) is 30.6 Å². The normalized spacial score (nSPS) is 21.1. The van der Waals surface area contributed by atoms with Gasteiger partial charge in [0, 0.05) is 36.4 Å². The van der Waals surface area contributed by atoms with Crippen molar-refractivity contribution in [2.24, 2.45) is 5.92 Å². The Bertz CT molecular complexity index is 539. The Labute approximate surface area is 94.6 Å². The molecular weight excluding hydrogens is 198 g/mol. The standard InChI is InChI=1S/C13H15N3/c1-9-5-10(7-14-6-9)12-8-16-13-11(12)3-2-4-15-13/h2-5,8-9,14H,6-7H2,1H3,(H,15,16)/t9-/m1/s1. The van der Waals surface area contributed by atoms with Crippen molar-refractivity contribution in [3.63, 3.8) is 0 Å². The molecule has 0 aliphatic carbocycles. The molecule has 1 aliphatic heterocycles. The van der Waals surface area contributed by atoms with Crippen LogP contribution in [0.2, 0.25) is 0 Å². The molecule has 3 nitrogen and oxygen atoms in total. The molecule has 0 aromatic carbocycles. The van der Waals surface area contributed by atoms with Crippen LogP contribution >= 0.6 is 0 Å². The third-order valence-corrected chi connectivity index (χ3v) is 3.06. The Morgan fingerprint density at radius 1 is 1.44 bits per heavy atom. The first-order valence-corrected chi connectivity index (χ1v) is 5.68. The molecule has 0 bridgehead atoms. The summed E-state index contributed by atoms with van der Waals surface area (Å²) in [5.74, 6) is 0.602. The highest BCUT2D eigenvalue weighted by Crippen LogP contribution is 2.25. The maximum atomic E-state index is 4.31. The molecule has 3 heterocycles. The van der Waals surface area contributed by atoms with Crippen molar-refractivity contribution < 1.29 is 0 Å². The predicted molar refractivity (Wildman–Crippen MR) is 66.1 cm³/mol. The molecule has 0 radical (unpaired) electrons. The average molecular weight is 213 g/mol. The number of hydrogen-bond donors (Lipinski definition) is 2. The maximum Gasteiger partial charge on any atom is 0.137 e. The summed E-state index contributed by atoms with van der Waals surface area (Å²) in [4.78, 5) is 7.53. The maximum absolute atomic E-state index is 4.31. The van der Waals surface area contributed by atoms with Crippen molar-refractivity contribution >= 4 is 16.6 Å². The van der Waals surface area contributed by atoms with Crippen LogP contribution in [0.25, 0.3) is 16.6 Å². The highest BCUT2D eigenvalue weighted by Gasteiger charge is 2.13. The summed E-state index contributed by atoms with van der Waals surface area (Å²) in [6.07, 6.45) is 6.23. The first-order chi connectivity index (χ1) is 7.84. The molecule has 2 aromatic rings. The van der Waals surface area contributed by atoms with E-state index in [-0.39, 0.29) is 0 Å². The van der Waals surface area contributed by atoms with E-state index in [9.17, 15) is 0 Å². The number of aromatic amines is 1. The average Bonchev–Trinajstić information content (AvgIpc) is 2.72. The molecule has 0 saturated carbocycles. The van der Waals surface area contributed by atoms with Crippen LogP contribution in [0, 0.1) is 5.92 Å². The molecule has 0 unspecified atom stereocenters. The van der Waals surface area contributed by atoms with Gasteiger partial charge in [-0.1, -0.05) is 13.0 Å². The van der Waals surface area contributed by atoms with Crippen LogP contribution in [-0.2, 0) is 0 Å². The van der Waals surface area contributed by atoms with Gasteiger partial charge < -0.3 is 10.3 Å². The van der Waals surface area contributed by atoms with Gasteiger partial charge in [-0.2, -0.15) is 0 Å². The van der Waals surface area contributed by atoms with Crippen molar-refractivity contribution in [2.75, 3.05) is 13.1 Å². The molecule has 1 aliphatic rings. The molecule has 3 rings (SSSR count). The number of nitrogens with zero attached hydrogens (tertiary/aromatic N) is 1. The first-order valence-electron chi connectivity index (χ1n) is 5.68. The summed E-state index contributed by atoms with van der Waals surface area (Å²) in [5.41, 5.74) is 3.62. The van der Waals surface area contributed by atoms with Crippen molar-refractivity contribution in [1.82, 2.24) is 15.3 Å². The van der Waals surface area contributed by atoms with E-state index >= 15 is 0 Å². The number of aromatic nitrogens is 2. The van der Waals surface area contributed by atoms with Crippen molar-refractivity contribution in [3.05, 3.63) is 36.2 Å². The predicted octanol–water partition coefficient (Wildman–Crippen LogP) is 2.19. The van der Waals surface area contributed by atoms with Gasteiger partial charge in [-0.25, -0.2) is 4.98 Å². The van der Waals surface area contributed by atoms with Gasteiger partial charge in [0.2, 0.25) is 0 Å². The molecule has 0 amide bonds. The molecule has 2 aromatic heterocycles. The first kappa shape index (κ1) is 9.60. The topological polar surface area (TPSA) is 40.7 Å². The van der Waals surface area contributed by atoms with Crippen LogP contribution in [-0.4, -0.2) is 23.1 Å². The van der Waals surface area contributed by atoms with E-state index in [1.807, 2.05) is 12.3 Å². The van der Waals surface area contributed by atoms with Crippen LogP contribution in [0.3, 0.4) is 0 Å². The largest absolute Gasteiger partial charge is 0.346 e. The summed E-state index contributed by atoms with van der Waals surface area (Å²) >= 11 is 0. The lowest BCUT2D eigenvalue weighted by Crippen LogP contribution is -2.26. The molecule has 0 saturated heterocycles. The van der Waals surface area contributed by atoms with Crippen molar-refractivity contribution in [3.8, 4) is 0 Å². The number of nitrogens with one attached hydrogen (secondary N) is 2. The van der Waals surface area contributed by atoms with Gasteiger partial charge in [-0.3, -0.25) is 0 Å². The summed E-state index contributed by atoms with van der Waals surface area (Å²) in [7, 11) is 0. The molecule has 0 fully saturated rings. The quantitative estimate of drug-likeness (QED) is 0.762. The second-order valence-corrected chi connectivity index (χ2v) is 4.40. The van der Waals surface area contributed by atoms with Crippen LogP contribution in [0.4, 0.5) is 0 Å². The fraction of sp³-hybridized carbons (Fsp3) is 0.308. The number of hydrogen-bond acceptors (Lipinski definition) is 2. The Balaban J connectivity index is 2.12. The number of fused-ring (bicyclic) bond motifs is 1. The van der Waals surface area contributed by atoms with Gasteiger partial charge >= 0.3 is 0 Å². The smallest absolute Gasteiger partial charge is 0.137 e. The van der Waals surface area contributed by atoms with Gasteiger partial charge in [0.05, 0.1) is 0 Å². The Morgan fingerprint density at radius 2 is 2.38 bits per heavy atom. The molecule has 3 heteroatoms. The SMILES string of the molecule is C[C@@H]1C=C(c2c[nH]c3ncccc23)CNC1. The minimum absolute atomic E-state index is 0.602. The zero-order chi connectivity index (χ0) is 11.0. The minimum atomic E-state index is 0.602. The number of pyridine rings is 1. The lowest BCUT2D eigenvalue weighted by Gasteiger charge is -2.18. The molecule has 16 heavy (non-hydrogen) atoms. The van der Waals surface area contributed by atoms with Crippen LogP contribution in [0.5, 0.6) is 0 Å². The Kier molecular flexibility index (Phi) is 2.26. The van der Waals surface area contributed by atoms with Gasteiger partial charge in [-0.15, -0.1) is 0 Å². The highest BCUT2D eigenvalue weighted by molar-refractivity contribution is 5.91. The highest BCUT2D eigenvalue weighted by atomic mass is 14.9. The van der Waals surface area contributed by atoms with E-state index in [1.54, 1.807) is 0 Å². The summed E-state index contributed by atoms with van der Waals surface area (Å²) in [5, 5.41) is 4.65. The zero-order valence-electron chi connectivity index (χ0n) is 9.33. The van der Waals surface area contributed by atoms with Gasteiger partial charge in [-0.05, 0) is 23.6 Å². The van der Waals surface area contributed by atoms with Gasteiger partial charge in [0.15, 0.2) is 0 Å². The summed E-state index contributed by atoms with van der Waals surface area (Å²) in [6, 6.07) is 4.11. The molecule has 0 spiro atoms. The Morgan fingerprint density at radius 3 is 3.25 bits per heavy atom. The minimum Gasteiger partial charge on any atom is -0.346 e. The number of rotatable bonds is 1. The van der Waals surface area contributed by atoms with E-state index in [2.05, 4.69) is 40.5 Å². The summed E-state index contributed by atoms with van der Waals surface area (Å²) in [6.45, 7) is 4.26. The summed E-state index contributed by atoms with van der Waals surface area (Å²) < 4.78 is 0. The van der Waals surface area contributed by atoms with Crippen molar-refractivity contribution in [2.45, 2.75) is 6.92 Å². The van der Waals surface area contributed by atoms with E-state index in [0.29, 0.717) is 5.92 Å². The third kappa shape index (κ3) is 1.53. The lowest BCUT2D eigenvalue weighted by molar-refractivity contribution is 0.607. The van der Waals surface area contributed by atoms with E-state index in [0.717, 1.165) is 18.7 Å². The van der Waals surface area contributed by atoms with E-state index < -0.39 is 0 Å². The van der Waals surface area contributed by atoms with Gasteiger partial charge in [0.25, 0.3) is 0 Å². The molecule has 2 N–H and O–H groups in total. The molecule has 82 valence electrons. The van der Waals surface area contributed by atoms with E-state index in [4.69, 9.17) is 0 Å². The second-order valence-electron chi connectivity index (χ2n) is 4.40. The fourth-order valence-corrected chi connectivity index (χ4v) is 2.30. The van der Waals surface area contributed by atoms with E-state index in [1.165, 1.54) is 16.5 Å². The number of H-pyrrole nitrogens is 1. The van der Waals surface area contributed by atoms with Crippen LogP contribution in [0.1, 0.15) is 12.5 Å². The van der Waals surface area contributed by atoms with Crippen molar-refractivity contribution in [1.29, 1.82) is 0 Å². The van der Waals surface area contributed by atoms with Crippen LogP contribution < -0.4 is 5.32 Å². The van der Waals surface area contributed by atoms with Gasteiger partial charge in [0.1, 0.15) is 5.65 Å². The monoisotopic (exact) mass is 213 g/mol.